The van der Waals surface area contributed by atoms with E-state index in [0.717, 1.165) is 16.5 Å². The molecular formula is C18H12ClN3O2. The lowest BCUT2D eigenvalue weighted by atomic mass is 10.0. The van der Waals surface area contributed by atoms with E-state index in [1.54, 1.807) is 12.3 Å². The predicted molar refractivity (Wildman–Crippen MR) is 89.9 cm³/mol. The molecule has 1 aromatic carbocycles. The summed E-state index contributed by atoms with van der Waals surface area (Å²) in [5.74, 6) is -0.551. The number of pyridine rings is 2. The minimum atomic E-state index is -0.551. The van der Waals surface area contributed by atoms with E-state index in [4.69, 9.17) is 21.6 Å². The highest BCUT2D eigenvalue weighted by Crippen LogP contribution is 2.20. The fourth-order valence-electron chi connectivity index (χ4n) is 2.44. The van der Waals surface area contributed by atoms with Gasteiger partial charge in [-0.25, -0.2) is 4.79 Å². The Balaban J connectivity index is 1.96. The number of benzene rings is 1. The molecule has 0 unspecified atom stereocenters. The molecule has 3 rings (SSSR count). The van der Waals surface area contributed by atoms with Gasteiger partial charge in [0.2, 0.25) is 0 Å². The van der Waals surface area contributed by atoms with Crippen LogP contribution in [0, 0.1) is 11.3 Å². The van der Waals surface area contributed by atoms with Gasteiger partial charge in [0, 0.05) is 29.9 Å². The highest BCUT2D eigenvalue weighted by atomic mass is 35.5. The number of aromatic nitrogens is 2. The molecule has 0 aliphatic heterocycles. The van der Waals surface area contributed by atoms with Gasteiger partial charge in [0.05, 0.1) is 28.8 Å². The van der Waals surface area contributed by atoms with Crippen molar-refractivity contribution in [3.8, 4) is 6.07 Å². The van der Waals surface area contributed by atoms with Gasteiger partial charge in [-0.1, -0.05) is 17.7 Å². The molecule has 2 aromatic heterocycles. The van der Waals surface area contributed by atoms with Gasteiger partial charge in [-0.15, -0.1) is 0 Å². The molecule has 6 heteroatoms. The summed E-state index contributed by atoms with van der Waals surface area (Å²) in [6, 6.07) is 11.2. The van der Waals surface area contributed by atoms with Gasteiger partial charge in [0.25, 0.3) is 0 Å². The van der Waals surface area contributed by atoms with Crippen molar-refractivity contribution in [3.63, 3.8) is 0 Å². The maximum Gasteiger partial charge on any atom is 0.339 e. The molecule has 118 valence electrons. The standard InChI is InChI=1S/C18H12ClN3O2/c1-24-18(23)16-7-15(21-9-13(16)8-20)5-11-2-3-17-12(4-11)6-14(19)10-22-17/h2-4,6-7,9-10H,5H2,1H3. The number of esters is 1. The number of halogens is 1. The second kappa shape index (κ2) is 6.65. The zero-order valence-electron chi connectivity index (χ0n) is 12.8. The van der Waals surface area contributed by atoms with Crippen molar-refractivity contribution in [2.45, 2.75) is 6.42 Å². The molecule has 0 aliphatic carbocycles. The fourth-order valence-corrected chi connectivity index (χ4v) is 2.60. The van der Waals surface area contributed by atoms with Gasteiger partial charge in [-0.2, -0.15) is 5.26 Å². The van der Waals surface area contributed by atoms with Crippen LogP contribution >= 0.6 is 11.6 Å². The lowest BCUT2D eigenvalue weighted by molar-refractivity contribution is 0.0600. The summed E-state index contributed by atoms with van der Waals surface area (Å²) in [7, 11) is 1.28. The van der Waals surface area contributed by atoms with Crippen molar-refractivity contribution in [1.82, 2.24) is 9.97 Å². The second-order valence-electron chi connectivity index (χ2n) is 5.18. The highest BCUT2D eigenvalue weighted by molar-refractivity contribution is 6.31. The Kier molecular flexibility index (Phi) is 4.41. The molecule has 2 heterocycles. The fraction of sp³-hybridized carbons (Fsp3) is 0.111. The van der Waals surface area contributed by atoms with E-state index in [0.29, 0.717) is 17.1 Å². The van der Waals surface area contributed by atoms with E-state index in [-0.39, 0.29) is 11.1 Å². The van der Waals surface area contributed by atoms with E-state index in [2.05, 4.69) is 9.97 Å². The van der Waals surface area contributed by atoms with Crippen LogP contribution in [0.2, 0.25) is 5.02 Å². The molecule has 0 saturated heterocycles. The Bertz CT molecular complexity index is 980. The summed E-state index contributed by atoms with van der Waals surface area (Å²) in [6.45, 7) is 0. The number of hydrogen-bond donors (Lipinski definition) is 0. The molecule has 0 N–H and O–H groups in total. The number of nitrogens with zero attached hydrogens (tertiary/aromatic N) is 3. The highest BCUT2D eigenvalue weighted by Gasteiger charge is 2.14. The van der Waals surface area contributed by atoms with E-state index in [9.17, 15) is 4.79 Å². The van der Waals surface area contributed by atoms with Crippen LogP contribution in [0.25, 0.3) is 10.9 Å². The van der Waals surface area contributed by atoms with Crippen molar-refractivity contribution in [2.24, 2.45) is 0 Å². The van der Waals surface area contributed by atoms with Gasteiger partial charge in [0.1, 0.15) is 6.07 Å². The average Bonchev–Trinajstić information content (AvgIpc) is 2.60. The largest absolute Gasteiger partial charge is 0.465 e. The molecule has 0 fully saturated rings. The molecule has 5 nitrogen and oxygen atoms in total. The first-order valence-electron chi connectivity index (χ1n) is 7.12. The van der Waals surface area contributed by atoms with Crippen LogP contribution in [-0.2, 0) is 11.2 Å². The van der Waals surface area contributed by atoms with Crippen LogP contribution in [0.4, 0.5) is 0 Å². The molecule has 0 aliphatic rings. The first kappa shape index (κ1) is 15.9. The zero-order valence-corrected chi connectivity index (χ0v) is 13.5. The molecule has 3 aromatic rings. The average molecular weight is 338 g/mol. The smallest absolute Gasteiger partial charge is 0.339 e. The summed E-state index contributed by atoms with van der Waals surface area (Å²) in [6.07, 6.45) is 3.51. The first-order valence-corrected chi connectivity index (χ1v) is 7.50. The topological polar surface area (TPSA) is 75.9 Å². The van der Waals surface area contributed by atoms with Crippen molar-refractivity contribution in [1.29, 1.82) is 5.26 Å². The Morgan fingerprint density at radius 3 is 2.83 bits per heavy atom. The summed E-state index contributed by atoms with van der Waals surface area (Å²) >= 11 is 5.98. The summed E-state index contributed by atoms with van der Waals surface area (Å²) in [5.41, 5.74) is 2.94. The van der Waals surface area contributed by atoms with E-state index in [1.165, 1.54) is 13.3 Å². The lowest BCUT2D eigenvalue weighted by Gasteiger charge is -2.07. The van der Waals surface area contributed by atoms with Crippen molar-refractivity contribution in [2.75, 3.05) is 7.11 Å². The third-order valence-corrected chi connectivity index (χ3v) is 3.79. The van der Waals surface area contributed by atoms with E-state index >= 15 is 0 Å². The molecule has 0 spiro atoms. The Hall–Kier alpha value is -2.97. The predicted octanol–water partition coefficient (Wildman–Crippen LogP) is 3.53. The summed E-state index contributed by atoms with van der Waals surface area (Å²) in [5, 5.41) is 10.6. The third-order valence-electron chi connectivity index (χ3n) is 3.58. The van der Waals surface area contributed by atoms with Gasteiger partial charge in [-0.05, 0) is 29.8 Å². The number of nitriles is 1. The molecule has 0 bridgehead atoms. The van der Waals surface area contributed by atoms with Gasteiger partial charge in [-0.3, -0.25) is 9.97 Å². The van der Waals surface area contributed by atoms with Crippen molar-refractivity contribution >= 4 is 28.5 Å². The molecule has 0 amide bonds. The minimum Gasteiger partial charge on any atom is -0.465 e. The zero-order chi connectivity index (χ0) is 17.1. The molecule has 24 heavy (non-hydrogen) atoms. The quantitative estimate of drug-likeness (QED) is 0.683. The lowest BCUT2D eigenvalue weighted by Crippen LogP contribution is -2.06. The third kappa shape index (κ3) is 3.19. The van der Waals surface area contributed by atoms with Crippen LogP contribution in [0.15, 0.2) is 42.7 Å². The monoisotopic (exact) mass is 337 g/mol. The van der Waals surface area contributed by atoms with Crippen LogP contribution in [0.3, 0.4) is 0 Å². The molecule has 0 atom stereocenters. The second-order valence-corrected chi connectivity index (χ2v) is 5.62. The van der Waals surface area contributed by atoms with Crippen molar-refractivity contribution in [3.05, 3.63) is 70.1 Å². The summed E-state index contributed by atoms with van der Waals surface area (Å²) in [4.78, 5) is 20.3. The number of carbonyl (C=O) groups excluding carboxylic acids is 1. The Morgan fingerprint density at radius 2 is 2.08 bits per heavy atom. The number of ether oxygens (including phenoxy) is 1. The first-order chi connectivity index (χ1) is 11.6. The van der Waals surface area contributed by atoms with Crippen LogP contribution < -0.4 is 0 Å². The van der Waals surface area contributed by atoms with Gasteiger partial charge in [0.15, 0.2) is 0 Å². The summed E-state index contributed by atoms with van der Waals surface area (Å²) < 4.78 is 4.71. The molecule has 0 saturated carbocycles. The number of hydrogen-bond acceptors (Lipinski definition) is 5. The van der Waals surface area contributed by atoms with Crippen LogP contribution in [0.1, 0.15) is 27.2 Å². The van der Waals surface area contributed by atoms with Crippen LogP contribution in [-0.4, -0.2) is 23.0 Å². The molecule has 0 radical (unpaired) electrons. The maximum atomic E-state index is 11.8. The Morgan fingerprint density at radius 1 is 1.25 bits per heavy atom. The Labute approximate surface area is 143 Å². The van der Waals surface area contributed by atoms with E-state index < -0.39 is 5.97 Å². The number of methoxy groups -OCH3 is 1. The van der Waals surface area contributed by atoms with Gasteiger partial charge < -0.3 is 4.74 Å². The number of carbonyl (C=O) groups is 1. The van der Waals surface area contributed by atoms with E-state index in [1.807, 2.05) is 30.3 Å². The minimum absolute atomic E-state index is 0.195. The van der Waals surface area contributed by atoms with Gasteiger partial charge >= 0.3 is 5.97 Å². The molecular weight excluding hydrogens is 326 g/mol. The maximum absolute atomic E-state index is 11.8. The number of rotatable bonds is 3. The van der Waals surface area contributed by atoms with Crippen molar-refractivity contribution < 1.29 is 9.53 Å². The normalized spacial score (nSPS) is 10.4. The number of fused-ring (bicyclic) bond motifs is 1. The van der Waals surface area contributed by atoms with Crippen LogP contribution in [0.5, 0.6) is 0 Å². The SMILES string of the molecule is COC(=O)c1cc(Cc2ccc3ncc(Cl)cc3c2)ncc1C#N.